The van der Waals surface area contributed by atoms with E-state index in [0.717, 1.165) is 12.2 Å². The molecule has 88 valence electrons. The summed E-state index contributed by atoms with van der Waals surface area (Å²) in [6.45, 7) is -0.129. The Hall–Kier alpha value is -1.80. The van der Waals surface area contributed by atoms with Crippen LogP contribution in [0.4, 0.5) is 0 Å². The zero-order valence-corrected chi connectivity index (χ0v) is 8.85. The number of esters is 2. The van der Waals surface area contributed by atoms with Crippen LogP contribution in [-0.4, -0.2) is 36.9 Å². The predicted molar refractivity (Wildman–Crippen MR) is 56.2 cm³/mol. The standard InChI is InChI=1S/C11H14O5/c1-2-3-4-8-15-10(13)5-6-11(14)16-9-7-12/h1,5-6,12H,3-4,7-9H2/b6-5+. The lowest BCUT2D eigenvalue weighted by Crippen LogP contribution is -2.07. The molecule has 5 heteroatoms. The summed E-state index contributed by atoms with van der Waals surface area (Å²) in [6, 6.07) is 0. The van der Waals surface area contributed by atoms with Gasteiger partial charge >= 0.3 is 11.9 Å². The van der Waals surface area contributed by atoms with Gasteiger partial charge in [0.1, 0.15) is 6.61 Å². The molecule has 0 saturated heterocycles. The maximum atomic E-state index is 11.0. The lowest BCUT2D eigenvalue weighted by Gasteiger charge is -1.99. The van der Waals surface area contributed by atoms with Gasteiger partial charge in [-0.25, -0.2) is 9.59 Å². The first kappa shape index (κ1) is 14.2. The molecule has 0 unspecified atom stereocenters. The Bertz CT molecular complexity index is 287. The summed E-state index contributed by atoms with van der Waals surface area (Å²) in [4.78, 5) is 21.8. The Morgan fingerprint density at radius 1 is 1.19 bits per heavy atom. The highest BCUT2D eigenvalue weighted by Crippen LogP contribution is 1.90. The third-order valence-electron chi connectivity index (χ3n) is 1.40. The number of aliphatic hydroxyl groups is 1. The molecule has 0 rings (SSSR count). The SMILES string of the molecule is C#CCCCOC(=O)/C=C/C(=O)OCCO. The van der Waals surface area contributed by atoms with Crippen LogP contribution in [0.1, 0.15) is 12.8 Å². The maximum Gasteiger partial charge on any atom is 0.331 e. The molecule has 0 atom stereocenters. The molecular formula is C11H14O5. The molecule has 0 aliphatic rings. The third-order valence-corrected chi connectivity index (χ3v) is 1.40. The third kappa shape index (κ3) is 8.78. The van der Waals surface area contributed by atoms with Crippen molar-refractivity contribution in [3.63, 3.8) is 0 Å². The normalized spacial score (nSPS) is 9.75. The second kappa shape index (κ2) is 9.74. The second-order valence-corrected chi connectivity index (χ2v) is 2.70. The van der Waals surface area contributed by atoms with E-state index in [4.69, 9.17) is 16.3 Å². The summed E-state index contributed by atoms with van der Waals surface area (Å²) in [6.07, 6.45) is 8.04. The van der Waals surface area contributed by atoms with Gasteiger partial charge in [0.05, 0.1) is 13.2 Å². The minimum absolute atomic E-state index is 0.0968. The number of carbonyl (C=O) groups is 2. The highest BCUT2D eigenvalue weighted by molar-refractivity contribution is 5.91. The van der Waals surface area contributed by atoms with Gasteiger partial charge in [0.2, 0.25) is 0 Å². The molecule has 0 aromatic rings. The van der Waals surface area contributed by atoms with E-state index in [2.05, 4.69) is 10.7 Å². The molecule has 1 N–H and O–H groups in total. The molecule has 0 aromatic carbocycles. The number of ether oxygens (including phenoxy) is 2. The van der Waals surface area contributed by atoms with Crippen molar-refractivity contribution in [2.45, 2.75) is 12.8 Å². The molecule has 0 aliphatic heterocycles. The van der Waals surface area contributed by atoms with E-state index >= 15 is 0 Å². The zero-order valence-electron chi connectivity index (χ0n) is 8.85. The summed E-state index contributed by atoms with van der Waals surface area (Å²) in [5.74, 6) is 1.08. The second-order valence-electron chi connectivity index (χ2n) is 2.70. The predicted octanol–water partition coefficient (Wildman–Crippen LogP) is 0.0347. The fraction of sp³-hybridized carbons (Fsp3) is 0.455. The van der Waals surface area contributed by atoms with E-state index in [1.807, 2.05) is 0 Å². The molecular weight excluding hydrogens is 212 g/mol. The van der Waals surface area contributed by atoms with Gasteiger partial charge in [-0.1, -0.05) is 0 Å². The van der Waals surface area contributed by atoms with E-state index < -0.39 is 11.9 Å². The minimum atomic E-state index is -0.699. The first-order valence-corrected chi connectivity index (χ1v) is 4.76. The van der Waals surface area contributed by atoms with Crippen LogP contribution in [0.15, 0.2) is 12.2 Å². The van der Waals surface area contributed by atoms with Crippen LogP contribution >= 0.6 is 0 Å². The van der Waals surface area contributed by atoms with E-state index in [1.54, 1.807) is 0 Å². The average Bonchev–Trinajstić information content (AvgIpc) is 2.29. The number of carbonyl (C=O) groups excluding carboxylic acids is 2. The van der Waals surface area contributed by atoms with Crippen molar-refractivity contribution < 1.29 is 24.2 Å². The van der Waals surface area contributed by atoms with Crippen LogP contribution in [0.3, 0.4) is 0 Å². The minimum Gasteiger partial charge on any atom is -0.462 e. The van der Waals surface area contributed by atoms with Crippen molar-refractivity contribution in [3.8, 4) is 12.3 Å². The largest absolute Gasteiger partial charge is 0.462 e. The van der Waals surface area contributed by atoms with Crippen LogP contribution in [-0.2, 0) is 19.1 Å². The van der Waals surface area contributed by atoms with Gasteiger partial charge in [0, 0.05) is 18.6 Å². The van der Waals surface area contributed by atoms with Crippen LogP contribution in [0, 0.1) is 12.3 Å². The Morgan fingerprint density at radius 3 is 2.25 bits per heavy atom. The zero-order chi connectivity index (χ0) is 12.2. The lowest BCUT2D eigenvalue weighted by atomic mass is 10.3. The van der Waals surface area contributed by atoms with Crippen molar-refractivity contribution in [1.29, 1.82) is 0 Å². The number of unbranched alkanes of at least 4 members (excludes halogenated alkanes) is 1. The van der Waals surface area contributed by atoms with E-state index in [9.17, 15) is 9.59 Å². The Morgan fingerprint density at radius 2 is 1.75 bits per heavy atom. The average molecular weight is 226 g/mol. The van der Waals surface area contributed by atoms with Gasteiger partial charge in [-0.2, -0.15) is 0 Å². The molecule has 0 fully saturated rings. The van der Waals surface area contributed by atoms with Gasteiger partial charge in [-0.05, 0) is 6.42 Å². The molecule has 16 heavy (non-hydrogen) atoms. The highest BCUT2D eigenvalue weighted by Gasteiger charge is 1.99. The van der Waals surface area contributed by atoms with E-state index in [1.165, 1.54) is 0 Å². The van der Waals surface area contributed by atoms with Crippen molar-refractivity contribution >= 4 is 11.9 Å². The molecule has 5 nitrogen and oxygen atoms in total. The summed E-state index contributed by atoms with van der Waals surface area (Å²) >= 11 is 0. The van der Waals surface area contributed by atoms with Gasteiger partial charge in [0.25, 0.3) is 0 Å². The number of hydrogen-bond acceptors (Lipinski definition) is 5. The number of hydrogen-bond donors (Lipinski definition) is 1. The maximum absolute atomic E-state index is 11.0. The first-order valence-electron chi connectivity index (χ1n) is 4.76. The molecule has 0 amide bonds. The van der Waals surface area contributed by atoms with Gasteiger partial charge in [-0.3, -0.25) is 0 Å². The summed E-state index contributed by atoms with van der Waals surface area (Å²) < 4.78 is 9.20. The molecule has 0 bridgehead atoms. The fourth-order valence-electron chi connectivity index (χ4n) is 0.726. The summed E-state index contributed by atoms with van der Waals surface area (Å²) in [5, 5.41) is 8.35. The van der Waals surface area contributed by atoms with Gasteiger partial charge in [-0.15, -0.1) is 12.3 Å². The molecule has 0 saturated carbocycles. The van der Waals surface area contributed by atoms with Crippen molar-refractivity contribution in [1.82, 2.24) is 0 Å². The van der Waals surface area contributed by atoms with E-state index in [-0.39, 0.29) is 19.8 Å². The molecule has 0 spiro atoms. The quantitative estimate of drug-likeness (QED) is 0.287. The number of aliphatic hydroxyl groups excluding tert-OH is 1. The van der Waals surface area contributed by atoms with Crippen LogP contribution < -0.4 is 0 Å². The van der Waals surface area contributed by atoms with Crippen LogP contribution in [0.5, 0.6) is 0 Å². The highest BCUT2D eigenvalue weighted by atomic mass is 16.5. The molecule has 0 radical (unpaired) electrons. The van der Waals surface area contributed by atoms with Crippen LogP contribution in [0.2, 0.25) is 0 Å². The van der Waals surface area contributed by atoms with Gasteiger partial charge < -0.3 is 14.6 Å². The van der Waals surface area contributed by atoms with Crippen molar-refractivity contribution in [3.05, 3.63) is 12.2 Å². The van der Waals surface area contributed by atoms with Crippen molar-refractivity contribution in [2.24, 2.45) is 0 Å². The van der Waals surface area contributed by atoms with Crippen molar-refractivity contribution in [2.75, 3.05) is 19.8 Å². The summed E-state index contributed by atoms with van der Waals surface area (Å²) in [7, 11) is 0. The van der Waals surface area contributed by atoms with E-state index in [0.29, 0.717) is 12.8 Å². The Labute approximate surface area is 94.0 Å². The smallest absolute Gasteiger partial charge is 0.331 e. The lowest BCUT2D eigenvalue weighted by molar-refractivity contribution is -0.141. The molecule has 0 aliphatic carbocycles. The molecule has 0 heterocycles. The van der Waals surface area contributed by atoms with Crippen LogP contribution in [0.25, 0.3) is 0 Å². The Kier molecular flexibility index (Phi) is 8.65. The monoisotopic (exact) mass is 226 g/mol. The Balaban J connectivity index is 3.65. The summed E-state index contributed by atoms with van der Waals surface area (Å²) in [5.41, 5.74) is 0. The first-order chi connectivity index (χ1) is 7.70. The topological polar surface area (TPSA) is 72.8 Å². The fourth-order valence-corrected chi connectivity index (χ4v) is 0.726. The number of rotatable bonds is 7. The van der Waals surface area contributed by atoms with Gasteiger partial charge in [0.15, 0.2) is 0 Å². The number of terminal acetylenes is 1. The molecule has 0 aromatic heterocycles.